The largest absolute Gasteiger partial charge is 0.501 e. The zero-order valence-corrected chi connectivity index (χ0v) is 11.0. The van der Waals surface area contributed by atoms with Gasteiger partial charge in [0, 0.05) is 6.42 Å². The minimum Gasteiger partial charge on any atom is -0.501 e. The molecule has 20 heavy (non-hydrogen) atoms. The van der Waals surface area contributed by atoms with Crippen molar-refractivity contribution in [2.75, 3.05) is 13.2 Å². The smallest absolute Gasteiger partial charge is 0.334 e. The molecule has 1 saturated heterocycles. The summed E-state index contributed by atoms with van der Waals surface area (Å²) < 4.78 is 10.3. The molecular formula is C12H20O8. The van der Waals surface area contributed by atoms with E-state index in [4.69, 9.17) is 19.7 Å². The Morgan fingerprint density at radius 2 is 1.80 bits per heavy atom. The van der Waals surface area contributed by atoms with Gasteiger partial charge in [0.15, 0.2) is 0 Å². The summed E-state index contributed by atoms with van der Waals surface area (Å²) in [6, 6.07) is 0. The fourth-order valence-corrected chi connectivity index (χ4v) is 1.84. The molecule has 0 bridgehead atoms. The first kappa shape index (κ1) is 16.9. The van der Waals surface area contributed by atoms with Crippen LogP contribution in [-0.4, -0.2) is 75.2 Å². The van der Waals surface area contributed by atoms with Crippen molar-refractivity contribution in [3.05, 3.63) is 11.8 Å². The summed E-state index contributed by atoms with van der Waals surface area (Å²) in [6.07, 6.45) is -4.62. The van der Waals surface area contributed by atoms with Gasteiger partial charge in [-0.1, -0.05) is 0 Å². The predicted octanol–water partition coefficient (Wildman–Crippen LogP) is -1.78. The number of carbonyl (C=O) groups is 1. The standard InChI is InChI=1S/C12H20O8/c1-6(12(17)18)5-19-3-2-7-9(14)11(16)10(15)8(4-13)20-7/h5,7-11,13-16H,2-4H2,1H3,(H,17,18)/t7?,8-,9+,10-,11-/m1/s1. The first-order chi connectivity index (χ1) is 9.38. The van der Waals surface area contributed by atoms with Crippen molar-refractivity contribution in [2.24, 2.45) is 0 Å². The normalized spacial score (nSPS) is 34.9. The molecule has 0 aromatic heterocycles. The van der Waals surface area contributed by atoms with Crippen LogP contribution in [0.15, 0.2) is 11.8 Å². The molecule has 0 amide bonds. The third kappa shape index (κ3) is 4.15. The van der Waals surface area contributed by atoms with Crippen LogP contribution in [0.25, 0.3) is 0 Å². The van der Waals surface area contributed by atoms with E-state index >= 15 is 0 Å². The highest BCUT2D eigenvalue weighted by Crippen LogP contribution is 2.23. The van der Waals surface area contributed by atoms with Gasteiger partial charge in [0.2, 0.25) is 0 Å². The van der Waals surface area contributed by atoms with E-state index < -0.39 is 43.1 Å². The molecule has 1 unspecified atom stereocenters. The van der Waals surface area contributed by atoms with Crippen molar-refractivity contribution in [1.29, 1.82) is 0 Å². The third-order valence-electron chi connectivity index (χ3n) is 3.11. The van der Waals surface area contributed by atoms with Crippen LogP contribution in [0, 0.1) is 0 Å². The van der Waals surface area contributed by atoms with Crippen LogP contribution in [0.4, 0.5) is 0 Å². The van der Waals surface area contributed by atoms with Crippen molar-refractivity contribution in [2.45, 2.75) is 43.9 Å². The number of aliphatic hydroxyl groups is 4. The van der Waals surface area contributed by atoms with E-state index in [1.807, 2.05) is 0 Å². The molecule has 1 heterocycles. The van der Waals surface area contributed by atoms with Crippen LogP contribution in [0.5, 0.6) is 0 Å². The number of ether oxygens (including phenoxy) is 2. The number of rotatable bonds is 6. The Kier molecular flexibility index (Phi) is 6.37. The van der Waals surface area contributed by atoms with Crippen molar-refractivity contribution >= 4 is 5.97 Å². The molecule has 1 aliphatic heterocycles. The van der Waals surface area contributed by atoms with Gasteiger partial charge >= 0.3 is 5.97 Å². The van der Waals surface area contributed by atoms with Crippen LogP contribution >= 0.6 is 0 Å². The Morgan fingerprint density at radius 3 is 2.35 bits per heavy atom. The molecule has 0 spiro atoms. The maximum absolute atomic E-state index is 10.5. The zero-order valence-electron chi connectivity index (χ0n) is 11.0. The first-order valence-corrected chi connectivity index (χ1v) is 6.20. The fraction of sp³-hybridized carbons (Fsp3) is 0.750. The van der Waals surface area contributed by atoms with Crippen molar-refractivity contribution in [3.8, 4) is 0 Å². The minimum atomic E-state index is -1.41. The molecule has 0 aromatic carbocycles. The molecule has 0 aromatic rings. The average molecular weight is 292 g/mol. The van der Waals surface area contributed by atoms with Crippen molar-refractivity contribution < 1.29 is 39.8 Å². The summed E-state index contributed by atoms with van der Waals surface area (Å²) in [6.45, 7) is 0.948. The molecule has 0 radical (unpaired) electrons. The monoisotopic (exact) mass is 292 g/mol. The van der Waals surface area contributed by atoms with Gasteiger partial charge in [-0.15, -0.1) is 0 Å². The lowest BCUT2D eigenvalue weighted by molar-refractivity contribution is -0.231. The van der Waals surface area contributed by atoms with Crippen molar-refractivity contribution in [3.63, 3.8) is 0 Å². The summed E-state index contributed by atoms with van der Waals surface area (Å²) in [7, 11) is 0. The number of carboxylic acid groups (broad SMARTS) is 1. The summed E-state index contributed by atoms with van der Waals surface area (Å²) in [5.41, 5.74) is 0.0267. The van der Waals surface area contributed by atoms with E-state index in [0.29, 0.717) is 0 Å². The van der Waals surface area contributed by atoms with E-state index in [1.54, 1.807) is 0 Å². The molecule has 8 heteroatoms. The number of aliphatic hydroxyl groups excluding tert-OH is 4. The second kappa shape index (κ2) is 7.55. The predicted molar refractivity (Wildman–Crippen MR) is 65.7 cm³/mol. The van der Waals surface area contributed by atoms with E-state index in [2.05, 4.69) is 0 Å². The minimum absolute atomic E-state index is 0.0267. The lowest BCUT2D eigenvalue weighted by atomic mass is 9.94. The topological polar surface area (TPSA) is 137 Å². The molecule has 116 valence electrons. The van der Waals surface area contributed by atoms with Crippen LogP contribution in [0.3, 0.4) is 0 Å². The lowest BCUT2D eigenvalue weighted by Crippen LogP contribution is -2.58. The van der Waals surface area contributed by atoms with E-state index in [1.165, 1.54) is 6.92 Å². The van der Waals surface area contributed by atoms with Gasteiger partial charge in [-0.05, 0) is 6.92 Å². The highest BCUT2D eigenvalue weighted by molar-refractivity contribution is 5.85. The Labute approximate surface area is 115 Å². The van der Waals surface area contributed by atoms with Crippen LogP contribution in [0.1, 0.15) is 13.3 Å². The Morgan fingerprint density at radius 1 is 1.20 bits per heavy atom. The first-order valence-electron chi connectivity index (χ1n) is 6.20. The van der Waals surface area contributed by atoms with Crippen LogP contribution in [-0.2, 0) is 14.3 Å². The third-order valence-corrected chi connectivity index (χ3v) is 3.11. The molecule has 5 N–H and O–H groups in total. The molecule has 0 saturated carbocycles. The maximum Gasteiger partial charge on any atom is 0.334 e. The van der Waals surface area contributed by atoms with Gasteiger partial charge in [-0.25, -0.2) is 4.79 Å². The van der Waals surface area contributed by atoms with E-state index in [0.717, 1.165) is 6.26 Å². The zero-order chi connectivity index (χ0) is 15.3. The lowest BCUT2D eigenvalue weighted by Gasteiger charge is -2.40. The number of hydrogen-bond donors (Lipinski definition) is 5. The van der Waals surface area contributed by atoms with Gasteiger partial charge in [0.1, 0.15) is 24.4 Å². The molecule has 1 aliphatic rings. The van der Waals surface area contributed by atoms with Crippen molar-refractivity contribution in [1.82, 2.24) is 0 Å². The number of aliphatic carboxylic acids is 1. The molecule has 0 aliphatic carbocycles. The average Bonchev–Trinajstić information content (AvgIpc) is 2.42. The summed E-state index contributed by atoms with van der Waals surface area (Å²) in [5, 5.41) is 46.5. The Bertz CT molecular complexity index is 353. The number of hydrogen-bond acceptors (Lipinski definition) is 7. The van der Waals surface area contributed by atoms with Gasteiger partial charge in [0.25, 0.3) is 0 Å². The molecule has 1 rings (SSSR count). The second-order valence-corrected chi connectivity index (χ2v) is 4.63. The van der Waals surface area contributed by atoms with Crippen LogP contribution in [0.2, 0.25) is 0 Å². The summed E-state index contributed by atoms with van der Waals surface area (Å²) in [5.74, 6) is -1.10. The molecule has 8 nitrogen and oxygen atoms in total. The Balaban J connectivity index is 2.46. The molecular weight excluding hydrogens is 272 g/mol. The molecule has 5 atom stereocenters. The fourth-order valence-electron chi connectivity index (χ4n) is 1.84. The van der Waals surface area contributed by atoms with Crippen LogP contribution < -0.4 is 0 Å². The highest BCUT2D eigenvalue weighted by atomic mass is 16.5. The summed E-state index contributed by atoms with van der Waals surface area (Å²) in [4.78, 5) is 10.5. The SMILES string of the molecule is CC(=COCCC1O[C@H](CO)[C@@H](O)[C@H](O)[C@H]1O)C(=O)O. The van der Waals surface area contributed by atoms with Gasteiger partial charge in [-0.3, -0.25) is 0 Å². The Hall–Kier alpha value is -1.19. The maximum atomic E-state index is 10.5. The number of carboxylic acids is 1. The highest BCUT2D eigenvalue weighted by Gasteiger charge is 2.42. The van der Waals surface area contributed by atoms with E-state index in [-0.39, 0.29) is 18.6 Å². The summed E-state index contributed by atoms with van der Waals surface area (Å²) >= 11 is 0. The van der Waals surface area contributed by atoms with Gasteiger partial charge < -0.3 is 35.0 Å². The quantitative estimate of drug-likeness (QED) is 0.220. The molecule has 1 fully saturated rings. The second-order valence-electron chi connectivity index (χ2n) is 4.63. The van der Waals surface area contributed by atoms with Gasteiger partial charge in [0.05, 0.1) is 31.2 Å². The van der Waals surface area contributed by atoms with Gasteiger partial charge in [-0.2, -0.15) is 0 Å². The van der Waals surface area contributed by atoms with E-state index in [9.17, 15) is 20.1 Å².